The van der Waals surface area contributed by atoms with Crippen LogP contribution in [0.25, 0.3) is 0 Å². The zero-order valence-electron chi connectivity index (χ0n) is 23.6. The van der Waals surface area contributed by atoms with Gasteiger partial charge < -0.3 is 20.5 Å². The van der Waals surface area contributed by atoms with Crippen molar-refractivity contribution in [1.29, 1.82) is 0 Å². The molecule has 0 spiro atoms. The number of amides is 2. The molecule has 7 heteroatoms. The predicted molar refractivity (Wildman–Crippen MR) is 165 cm³/mol. The number of benzene rings is 4. The third-order valence-electron chi connectivity index (χ3n) is 7.37. The van der Waals surface area contributed by atoms with E-state index in [9.17, 15) is 9.59 Å². The Hall–Kier alpha value is -5.01. The SMILES string of the molecule is CNC(=O)C(Cc1cn(C(c2ccccc2)(c2ccccc2)c2ccccc2)cn1)NC(=O)CNCc1ccccc1. The van der Waals surface area contributed by atoms with Crippen LogP contribution in [0.1, 0.15) is 27.9 Å². The minimum Gasteiger partial charge on any atom is -0.357 e. The quantitative estimate of drug-likeness (QED) is 0.200. The molecule has 1 heterocycles. The fourth-order valence-electron chi connectivity index (χ4n) is 5.39. The lowest BCUT2D eigenvalue weighted by Crippen LogP contribution is -2.49. The average molecular weight is 558 g/mol. The van der Waals surface area contributed by atoms with E-state index in [2.05, 4.69) is 56.9 Å². The van der Waals surface area contributed by atoms with Gasteiger partial charge in [-0.1, -0.05) is 121 Å². The maximum Gasteiger partial charge on any atom is 0.242 e. The molecule has 42 heavy (non-hydrogen) atoms. The Balaban J connectivity index is 1.43. The Morgan fingerprint density at radius 2 is 1.26 bits per heavy atom. The van der Waals surface area contributed by atoms with Crippen molar-refractivity contribution in [3.8, 4) is 0 Å². The predicted octanol–water partition coefficient (Wildman–Crippen LogP) is 4.29. The molecule has 0 bridgehead atoms. The van der Waals surface area contributed by atoms with E-state index in [1.165, 1.54) is 0 Å². The number of nitrogens with zero attached hydrogens (tertiary/aromatic N) is 2. The fourth-order valence-corrected chi connectivity index (χ4v) is 5.39. The Morgan fingerprint density at radius 3 is 1.76 bits per heavy atom. The fraction of sp³-hybridized carbons (Fsp3) is 0.171. The van der Waals surface area contributed by atoms with Crippen LogP contribution < -0.4 is 16.0 Å². The number of carbonyl (C=O) groups excluding carboxylic acids is 2. The summed E-state index contributed by atoms with van der Waals surface area (Å²) in [6.07, 6.45) is 4.03. The van der Waals surface area contributed by atoms with E-state index in [4.69, 9.17) is 4.98 Å². The van der Waals surface area contributed by atoms with Gasteiger partial charge in [-0.2, -0.15) is 0 Å². The highest BCUT2D eigenvalue weighted by atomic mass is 16.2. The van der Waals surface area contributed by atoms with Gasteiger partial charge in [0.25, 0.3) is 0 Å². The zero-order valence-corrected chi connectivity index (χ0v) is 23.6. The molecule has 0 saturated heterocycles. The second kappa shape index (κ2) is 13.6. The Bertz CT molecular complexity index is 1470. The van der Waals surface area contributed by atoms with Crippen molar-refractivity contribution < 1.29 is 9.59 Å². The van der Waals surface area contributed by atoms with Gasteiger partial charge in [0.15, 0.2) is 0 Å². The van der Waals surface area contributed by atoms with Crippen LogP contribution in [0.5, 0.6) is 0 Å². The molecule has 3 N–H and O–H groups in total. The summed E-state index contributed by atoms with van der Waals surface area (Å²) in [5.74, 6) is -0.535. The van der Waals surface area contributed by atoms with Crippen molar-refractivity contribution in [2.24, 2.45) is 0 Å². The van der Waals surface area contributed by atoms with E-state index in [1.807, 2.05) is 97.5 Å². The minimum absolute atomic E-state index is 0.0932. The normalized spacial score (nSPS) is 11.9. The van der Waals surface area contributed by atoms with Gasteiger partial charge in [-0.15, -0.1) is 0 Å². The molecule has 0 saturated carbocycles. The van der Waals surface area contributed by atoms with Gasteiger partial charge in [-0.25, -0.2) is 4.98 Å². The van der Waals surface area contributed by atoms with Crippen LogP contribution in [-0.2, 0) is 28.1 Å². The monoisotopic (exact) mass is 557 g/mol. The molecule has 0 fully saturated rings. The van der Waals surface area contributed by atoms with E-state index in [0.717, 1.165) is 22.3 Å². The summed E-state index contributed by atoms with van der Waals surface area (Å²) in [6, 6.07) is 40.1. The topological polar surface area (TPSA) is 88.1 Å². The number of likely N-dealkylation sites (N-methyl/N-ethyl adjacent to an activating group) is 1. The van der Waals surface area contributed by atoms with Gasteiger partial charge in [0.05, 0.1) is 18.6 Å². The molecule has 212 valence electrons. The van der Waals surface area contributed by atoms with Crippen molar-refractivity contribution >= 4 is 11.8 Å². The van der Waals surface area contributed by atoms with Gasteiger partial charge in [-0.05, 0) is 22.3 Å². The Morgan fingerprint density at radius 1 is 0.762 bits per heavy atom. The van der Waals surface area contributed by atoms with Crippen LogP contribution in [0.4, 0.5) is 0 Å². The first-order valence-corrected chi connectivity index (χ1v) is 14.1. The van der Waals surface area contributed by atoms with E-state index >= 15 is 0 Å². The first-order valence-electron chi connectivity index (χ1n) is 14.1. The van der Waals surface area contributed by atoms with Crippen molar-refractivity contribution in [1.82, 2.24) is 25.5 Å². The summed E-state index contributed by atoms with van der Waals surface area (Å²) in [6.45, 7) is 0.653. The average Bonchev–Trinajstić information content (AvgIpc) is 3.51. The van der Waals surface area contributed by atoms with Gasteiger partial charge in [-0.3, -0.25) is 9.59 Å². The maximum atomic E-state index is 12.8. The highest BCUT2D eigenvalue weighted by molar-refractivity contribution is 5.88. The summed E-state index contributed by atoms with van der Waals surface area (Å²) in [4.78, 5) is 30.4. The molecule has 7 nitrogen and oxygen atoms in total. The summed E-state index contributed by atoms with van der Waals surface area (Å²) in [5.41, 5.74) is 4.29. The molecule has 5 rings (SSSR count). The molecular formula is C35H35N5O2. The Kier molecular flexibility index (Phi) is 9.21. The smallest absolute Gasteiger partial charge is 0.242 e. The lowest BCUT2D eigenvalue weighted by molar-refractivity contribution is -0.128. The maximum absolute atomic E-state index is 12.8. The number of hydrogen-bond acceptors (Lipinski definition) is 4. The lowest BCUT2D eigenvalue weighted by atomic mass is 9.77. The third-order valence-corrected chi connectivity index (χ3v) is 7.37. The summed E-state index contributed by atoms with van der Waals surface area (Å²) >= 11 is 0. The zero-order chi connectivity index (χ0) is 29.2. The number of rotatable bonds is 12. The summed E-state index contributed by atoms with van der Waals surface area (Å²) in [7, 11) is 1.57. The molecule has 1 unspecified atom stereocenters. The van der Waals surface area contributed by atoms with Gasteiger partial charge in [0, 0.05) is 26.2 Å². The minimum atomic E-state index is -0.774. The van der Waals surface area contributed by atoms with Crippen molar-refractivity contribution in [2.45, 2.75) is 24.5 Å². The van der Waals surface area contributed by atoms with Crippen LogP contribution in [0.15, 0.2) is 134 Å². The summed E-state index contributed by atoms with van der Waals surface area (Å²) < 4.78 is 2.10. The second-order valence-corrected chi connectivity index (χ2v) is 10.1. The third kappa shape index (κ3) is 6.32. The molecule has 1 aromatic heterocycles. The first-order chi connectivity index (χ1) is 20.6. The molecule has 4 aromatic carbocycles. The van der Waals surface area contributed by atoms with E-state index < -0.39 is 11.6 Å². The van der Waals surface area contributed by atoms with Crippen LogP contribution >= 0.6 is 0 Å². The van der Waals surface area contributed by atoms with Gasteiger partial charge in [0.2, 0.25) is 11.8 Å². The molecule has 0 aliphatic rings. The molecular weight excluding hydrogens is 522 g/mol. The number of nitrogens with one attached hydrogen (secondary N) is 3. The number of imidazole rings is 1. The van der Waals surface area contributed by atoms with Crippen LogP contribution in [0, 0.1) is 0 Å². The van der Waals surface area contributed by atoms with Crippen LogP contribution in [-0.4, -0.2) is 41.0 Å². The summed E-state index contributed by atoms with van der Waals surface area (Å²) in [5, 5.41) is 8.70. The first kappa shape index (κ1) is 28.5. The standard InChI is InChI=1S/C35H35N5O2/c1-36-34(42)32(39-33(41)24-37-23-27-14-6-2-7-15-27)22-31-25-40(26-38-31)35(28-16-8-3-9-17-28,29-18-10-4-11-19-29)30-20-12-5-13-21-30/h2-21,25-26,32,37H,22-24H2,1H3,(H,36,42)(H,39,41). The van der Waals surface area contributed by atoms with Crippen molar-refractivity contribution in [3.05, 3.63) is 162 Å². The number of hydrogen-bond donors (Lipinski definition) is 3. The number of aromatic nitrogens is 2. The second-order valence-electron chi connectivity index (χ2n) is 10.1. The van der Waals surface area contributed by atoms with Gasteiger partial charge >= 0.3 is 0 Å². The highest BCUT2D eigenvalue weighted by Crippen LogP contribution is 2.40. The molecule has 0 aliphatic carbocycles. The Labute approximate surface area is 246 Å². The van der Waals surface area contributed by atoms with Crippen LogP contribution in [0.2, 0.25) is 0 Å². The molecule has 0 aliphatic heterocycles. The van der Waals surface area contributed by atoms with Crippen LogP contribution in [0.3, 0.4) is 0 Å². The van der Waals surface area contributed by atoms with Crippen molar-refractivity contribution in [2.75, 3.05) is 13.6 Å². The van der Waals surface area contributed by atoms with E-state index in [-0.39, 0.29) is 24.8 Å². The largest absolute Gasteiger partial charge is 0.357 e. The molecule has 0 radical (unpaired) electrons. The number of carbonyl (C=O) groups is 2. The lowest BCUT2D eigenvalue weighted by Gasteiger charge is -2.37. The molecule has 5 aromatic rings. The molecule has 2 amide bonds. The van der Waals surface area contributed by atoms with Gasteiger partial charge in [0.1, 0.15) is 11.6 Å². The van der Waals surface area contributed by atoms with E-state index in [0.29, 0.717) is 12.2 Å². The van der Waals surface area contributed by atoms with E-state index in [1.54, 1.807) is 7.05 Å². The molecule has 1 atom stereocenters. The van der Waals surface area contributed by atoms with Crippen molar-refractivity contribution in [3.63, 3.8) is 0 Å². The highest BCUT2D eigenvalue weighted by Gasteiger charge is 2.38.